The van der Waals surface area contributed by atoms with Gasteiger partial charge in [-0.2, -0.15) is 0 Å². The van der Waals surface area contributed by atoms with Crippen LogP contribution in [0.1, 0.15) is 23.8 Å². The maximum absolute atomic E-state index is 11.9. The number of hydrogen-bond acceptors (Lipinski definition) is 1. The molecule has 1 aromatic heterocycles. The van der Waals surface area contributed by atoms with E-state index in [0.29, 0.717) is 5.69 Å². The number of ketones is 1. The van der Waals surface area contributed by atoms with Crippen molar-refractivity contribution in [2.75, 3.05) is 0 Å². The van der Waals surface area contributed by atoms with Crippen molar-refractivity contribution in [3.05, 3.63) is 24.0 Å². The first-order valence-electron chi connectivity index (χ1n) is 4.05. The number of aromatic nitrogens is 1. The Morgan fingerprint density at radius 2 is 2.31 bits per heavy atom. The molecule has 0 atom stereocenters. The molecule has 0 aromatic carbocycles. The molecule has 0 bridgehead atoms. The Morgan fingerprint density at radius 1 is 1.62 bits per heavy atom. The summed E-state index contributed by atoms with van der Waals surface area (Å²) in [5.41, 5.74) is 0.487. The molecular weight excluding hydrogens is 176 g/mol. The van der Waals surface area contributed by atoms with Gasteiger partial charge in [0.15, 0.2) is 5.78 Å². The minimum absolute atomic E-state index is 0.0979. The lowest BCUT2D eigenvalue weighted by atomic mass is 10.3. The van der Waals surface area contributed by atoms with E-state index in [1.54, 1.807) is 22.9 Å². The van der Waals surface area contributed by atoms with Crippen LogP contribution in [-0.4, -0.2) is 16.8 Å². The van der Waals surface area contributed by atoms with Crippen LogP contribution in [0.25, 0.3) is 0 Å². The summed E-state index contributed by atoms with van der Waals surface area (Å²) in [4.78, 5) is 11.0. The van der Waals surface area contributed by atoms with Crippen LogP contribution in [0.2, 0.25) is 0 Å². The smallest absolute Gasteiger partial charge is 0.240 e. The fraction of sp³-hybridized carbons (Fsp3) is 0.444. The van der Waals surface area contributed by atoms with Crippen LogP contribution in [0.3, 0.4) is 0 Å². The number of carbonyl (C=O) groups is 1. The molecule has 0 unspecified atom stereocenters. The lowest BCUT2D eigenvalue weighted by molar-refractivity contribution is 0.0997. The van der Waals surface area contributed by atoms with Crippen molar-refractivity contribution < 1.29 is 13.6 Å². The highest BCUT2D eigenvalue weighted by Crippen LogP contribution is 2.07. The van der Waals surface area contributed by atoms with E-state index in [-0.39, 0.29) is 18.7 Å². The number of hydrogen-bond donors (Lipinski definition) is 0. The zero-order valence-corrected chi connectivity index (χ0v) is 7.34. The summed E-state index contributed by atoms with van der Waals surface area (Å²) in [6.07, 6.45) is -0.893. The third-order valence-corrected chi connectivity index (χ3v) is 1.78. The molecule has 1 rings (SSSR count). The summed E-state index contributed by atoms with van der Waals surface area (Å²) in [5.74, 6) is -0.0979. The van der Waals surface area contributed by atoms with Crippen LogP contribution in [0.5, 0.6) is 0 Å². The summed E-state index contributed by atoms with van der Waals surface area (Å²) in [5, 5.41) is 0. The molecular formula is C9H11F2NO. The number of aryl methyl sites for hydroxylation is 1. The van der Waals surface area contributed by atoms with Crippen LogP contribution in [0.4, 0.5) is 8.78 Å². The third-order valence-electron chi connectivity index (χ3n) is 1.78. The Kier molecular flexibility index (Phi) is 3.17. The zero-order valence-electron chi connectivity index (χ0n) is 7.34. The molecule has 0 fully saturated rings. The number of carbonyl (C=O) groups excluding carboxylic acids is 1. The minimum atomic E-state index is -2.32. The molecule has 0 saturated carbocycles. The van der Waals surface area contributed by atoms with Gasteiger partial charge in [0.05, 0.1) is 5.69 Å². The van der Waals surface area contributed by atoms with Gasteiger partial charge in [-0.1, -0.05) is 0 Å². The first kappa shape index (κ1) is 9.89. The molecule has 0 aliphatic carbocycles. The zero-order chi connectivity index (χ0) is 9.84. The Hall–Kier alpha value is -1.19. The van der Waals surface area contributed by atoms with E-state index in [4.69, 9.17) is 0 Å². The van der Waals surface area contributed by atoms with E-state index in [1.165, 1.54) is 6.92 Å². The summed E-state index contributed by atoms with van der Waals surface area (Å²) >= 11 is 0. The molecule has 4 heteroatoms. The second-order valence-corrected chi connectivity index (χ2v) is 2.82. The van der Waals surface area contributed by atoms with Crippen molar-refractivity contribution >= 4 is 5.78 Å². The second kappa shape index (κ2) is 4.16. The van der Waals surface area contributed by atoms with Gasteiger partial charge >= 0.3 is 0 Å². The second-order valence-electron chi connectivity index (χ2n) is 2.82. The van der Waals surface area contributed by atoms with E-state index in [2.05, 4.69) is 0 Å². The average Bonchev–Trinajstić information content (AvgIpc) is 2.47. The van der Waals surface area contributed by atoms with Gasteiger partial charge in [-0.3, -0.25) is 4.79 Å². The number of Topliss-reactive ketones (excluding diaryl/α,β-unsaturated/α-hetero) is 1. The summed E-state index contributed by atoms with van der Waals surface area (Å²) in [6, 6.07) is 3.32. The van der Waals surface area contributed by atoms with Crippen molar-refractivity contribution in [1.29, 1.82) is 0 Å². The first-order chi connectivity index (χ1) is 6.11. The molecule has 1 aromatic rings. The average molecular weight is 187 g/mol. The summed E-state index contributed by atoms with van der Waals surface area (Å²) in [7, 11) is 0. The van der Waals surface area contributed by atoms with Crippen LogP contribution in [-0.2, 0) is 6.54 Å². The molecule has 0 N–H and O–H groups in total. The molecule has 0 aliphatic rings. The highest BCUT2D eigenvalue weighted by molar-refractivity contribution is 5.92. The van der Waals surface area contributed by atoms with Gasteiger partial charge < -0.3 is 4.57 Å². The number of alkyl halides is 2. The molecule has 13 heavy (non-hydrogen) atoms. The molecule has 0 radical (unpaired) electrons. The van der Waals surface area contributed by atoms with Crippen LogP contribution in [0, 0.1) is 0 Å². The molecule has 0 saturated heterocycles. The summed E-state index contributed by atoms with van der Waals surface area (Å²) in [6.45, 7) is 1.62. The summed E-state index contributed by atoms with van der Waals surface area (Å²) < 4.78 is 25.3. The molecule has 1 heterocycles. The minimum Gasteiger partial charge on any atom is -0.345 e. The lowest BCUT2D eigenvalue weighted by Gasteiger charge is -2.05. The molecule has 2 nitrogen and oxygen atoms in total. The van der Waals surface area contributed by atoms with Crippen molar-refractivity contribution in [2.45, 2.75) is 26.3 Å². The van der Waals surface area contributed by atoms with Gasteiger partial charge in [0.1, 0.15) is 0 Å². The lowest BCUT2D eigenvalue weighted by Crippen LogP contribution is -2.08. The Balaban J connectivity index is 2.65. The van der Waals surface area contributed by atoms with Crippen molar-refractivity contribution in [3.8, 4) is 0 Å². The monoisotopic (exact) mass is 187 g/mol. The van der Waals surface area contributed by atoms with Gasteiger partial charge in [-0.15, -0.1) is 0 Å². The van der Waals surface area contributed by atoms with E-state index in [9.17, 15) is 13.6 Å². The highest BCUT2D eigenvalue weighted by atomic mass is 19.3. The maximum Gasteiger partial charge on any atom is 0.240 e. The Bertz CT molecular complexity index is 294. The fourth-order valence-electron chi connectivity index (χ4n) is 1.17. The van der Waals surface area contributed by atoms with Crippen molar-refractivity contribution in [3.63, 3.8) is 0 Å². The first-order valence-corrected chi connectivity index (χ1v) is 4.05. The standard InChI is InChI=1S/C9H11F2NO/c1-7(13)8-3-2-5-12(8)6-4-9(10)11/h2-3,5,9H,4,6H2,1H3. The fourth-order valence-corrected chi connectivity index (χ4v) is 1.17. The van der Waals surface area contributed by atoms with Gasteiger partial charge in [0, 0.05) is 26.1 Å². The third kappa shape index (κ3) is 2.65. The van der Waals surface area contributed by atoms with Crippen LogP contribution >= 0.6 is 0 Å². The number of rotatable bonds is 4. The van der Waals surface area contributed by atoms with Crippen molar-refractivity contribution in [1.82, 2.24) is 4.57 Å². The van der Waals surface area contributed by atoms with E-state index < -0.39 is 6.43 Å². The number of nitrogens with zero attached hydrogens (tertiary/aromatic N) is 1. The molecule has 0 spiro atoms. The Labute approximate surface area is 75.2 Å². The van der Waals surface area contributed by atoms with Gasteiger partial charge in [0.2, 0.25) is 6.43 Å². The van der Waals surface area contributed by atoms with Crippen LogP contribution < -0.4 is 0 Å². The molecule has 0 amide bonds. The van der Waals surface area contributed by atoms with E-state index in [1.807, 2.05) is 0 Å². The van der Waals surface area contributed by atoms with Crippen molar-refractivity contribution in [2.24, 2.45) is 0 Å². The molecule has 72 valence electrons. The van der Waals surface area contributed by atoms with E-state index >= 15 is 0 Å². The largest absolute Gasteiger partial charge is 0.345 e. The quantitative estimate of drug-likeness (QED) is 0.663. The number of halogens is 2. The Morgan fingerprint density at radius 3 is 2.85 bits per heavy atom. The SMILES string of the molecule is CC(=O)c1cccn1CCC(F)F. The maximum atomic E-state index is 11.9. The van der Waals surface area contributed by atoms with E-state index in [0.717, 1.165) is 0 Å². The predicted molar refractivity (Wildman–Crippen MR) is 45.1 cm³/mol. The highest BCUT2D eigenvalue weighted by Gasteiger charge is 2.07. The predicted octanol–water partition coefficient (Wildman–Crippen LogP) is 2.35. The molecule has 0 aliphatic heterocycles. The van der Waals surface area contributed by atoms with Crippen LogP contribution in [0.15, 0.2) is 18.3 Å². The van der Waals surface area contributed by atoms with Gasteiger partial charge in [0.25, 0.3) is 0 Å². The normalized spacial score (nSPS) is 10.8. The topological polar surface area (TPSA) is 22.0 Å². The van der Waals surface area contributed by atoms with Gasteiger partial charge in [-0.05, 0) is 12.1 Å². The van der Waals surface area contributed by atoms with Gasteiger partial charge in [-0.25, -0.2) is 8.78 Å².